The lowest BCUT2D eigenvalue weighted by Gasteiger charge is -2.19. The second-order valence-electron chi connectivity index (χ2n) is 5.56. The van der Waals surface area contributed by atoms with Crippen molar-refractivity contribution in [2.75, 3.05) is 7.05 Å². The highest BCUT2D eigenvalue weighted by Gasteiger charge is 2.14. The third-order valence-electron chi connectivity index (χ3n) is 3.66. The summed E-state index contributed by atoms with van der Waals surface area (Å²) in [5.41, 5.74) is 4.50. The van der Waals surface area contributed by atoms with Crippen molar-refractivity contribution in [2.45, 2.75) is 27.3 Å². The second-order valence-corrected chi connectivity index (χ2v) is 5.56. The molecule has 2 nitrogen and oxygen atoms in total. The van der Waals surface area contributed by atoms with Crippen LogP contribution in [0.4, 0.5) is 4.39 Å². The Hall–Kier alpha value is -2.16. The summed E-state index contributed by atoms with van der Waals surface area (Å²) in [6, 6.07) is 10.7. The Kier molecular flexibility index (Phi) is 4.41. The summed E-state index contributed by atoms with van der Waals surface area (Å²) in [4.78, 5) is 14.1. The quantitative estimate of drug-likeness (QED) is 0.834. The van der Waals surface area contributed by atoms with Gasteiger partial charge in [0.15, 0.2) is 0 Å². The number of nitrogens with zero attached hydrogens (tertiary/aromatic N) is 1. The van der Waals surface area contributed by atoms with E-state index in [-0.39, 0.29) is 11.7 Å². The normalized spacial score (nSPS) is 10.5. The fraction of sp³-hybridized carbons (Fsp3) is 0.278. The van der Waals surface area contributed by atoms with Crippen LogP contribution in [0.1, 0.15) is 32.6 Å². The van der Waals surface area contributed by atoms with Gasteiger partial charge in [0.25, 0.3) is 5.91 Å². The molecule has 110 valence electrons. The first-order valence-electron chi connectivity index (χ1n) is 6.96. The van der Waals surface area contributed by atoms with Gasteiger partial charge in [-0.05, 0) is 55.7 Å². The number of hydrogen-bond donors (Lipinski definition) is 0. The van der Waals surface area contributed by atoms with Gasteiger partial charge in [0, 0.05) is 19.2 Å². The summed E-state index contributed by atoms with van der Waals surface area (Å²) in [6.07, 6.45) is 0. The van der Waals surface area contributed by atoms with E-state index in [9.17, 15) is 9.18 Å². The van der Waals surface area contributed by atoms with Crippen LogP contribution in [0.3, 0.4) is 0 Å². The monoisotopic (exact) mass is 285 g/mol. The number of aryl methyl sites for hydroxylation is 3. The lowest BCUT2D eigenvalue weighted by molar-refractivity contribution is 0.0785. The fourth-order valence-electron chi connectivity index (χ4n) is 2.35. The van der Waals surface area contributed by atoms with E-state index in [0.717, 1.165) is 5.56 Å². The number of amides is 1. The van der Waals surface area contributed by atoms with Crippen LogP contribution < -0.4 is 0 Å². The molecular formula is C18H20FNO. The van der Waals surface area contributed by atoms with E-state index in [1.807, 2.05) is 26.0 Å². The maximum Gasteiger partial charge on any atom is 0.253 e. The largest absolute Gasteiger partial charge is 0.337 e. The number of carbonyl (C=O) groups excluding carboxylic acids is 1. The lowest BCUT2D eigenvalue weighted by Crippen LogP contribution is -2.26. The van der Waals surface area contributed by atoms with Crippen LogP contribution in [0.5, 0.6) is 0 Å². The summed E-state index contributed by atoms with van der Waals surface area (Å²) in [7, 11) is 1.76. The first kappa shape index (κ1) is 15.2. The minimum atomic E-state index is -0.288. The third kappa shape index (κ3) is 3.48. The first-order valence-corrected chi connectivity index (χ1v) is 6.96. The van der Waals surface area contributed by atoms with Gasteiger partial charge >= 0.3 is 0 Å². The van der Waals surface area contributed by atoms with Crippen LogP contribution in [0.25, 0.3) is 0 Å². The van der Waals surface area contributed by atoms with Crippen molar-refractivity contribution in [1.29, 1.82) is 0 Å². The van der Waals surface area contributed by atoms with Crippen molar-refractivity contribution in [3.63, 3.8) is 0 Å². The van der Waals surface area contributed by atoms with Crippen LogP contribution in [0.15, 0.2) is 36.4 Å². The molecule has 0 aliphatic carbocycles. The van der Waals surface area contributed by atoms with Crippen LogP contribution in [-0.2, 0) is 6.54 Å². The summed E-state index contributed by atoms with van der Waals surface area (Å²) in [6.45, 7) is 6.30. The minimum Gasteiger partial charge on any atom is -0.337 e. The van der Waals surface area contributed by atoms with E-state index in [2.05, 4.69) is 6.07 Å². The Morgan fingerprint density at radius 2 is 1.76 bits per heavy atom. The highest BCUT2D eigenvalue weighted by Crippen LogP contribution is 2.15. The van der Waals surface area contributed by atoms with Gasteiger partial charge in [0.1, 0.15) is 5.82 Å². The summed E-state index contributed by atoms with van der Waals surface area (Å²) < 4.78 is 13.3. The first-order chi connectivity index (χ1) is 9.88. The zero-order valence-corrected chi connectivity index (χ0v) is 12.9. The van der Waals surface area contributed by atoms with Crippen molar-refractivity contribution < 1.29 is 9.18 Å². The molecule has 0 aromatic heterocycles. The molecule has 0 saturated heterocycles. The van der Waals surface area contributed by atoms with Crippen LogP contribution in [-0.4, -0.2) is 17.9 Å². The lowest BCUT2D eigenvalue weighted by atomic mass is 10.0. The van der Waals surface area contributed by atoms with E-state index >= 15 is 0 Å². The predicted octanol–water partition coefficient (Wildman–Crippen LogP) is 4.02. The van der Waals surface area contributed by atoms with E-state index in [1.54, 1.807) is 24.9 Å². The van der Waals surface area contributed by atoms with Gasteiger partial charge in [-0.3, -0.25) is 4.79 Å². The molecule has 0 aliphatic rings. The number of hydrogen-bond acceptors (Lipinski definition) is 1. The highest BCUT2D eigenvalue weighted by molar-refractivity contribution is 5.94. The summed E-state index contributed by atoms with van der Waals surface area (Å²) in [5.74, 6) is -0.387. The van der Waals surface area contributed by atoms with Crippen molar-refractivity contribution >= 4 is 5.91 Å². The van der Waals surface area contributed by atoms with E-state index < -0.39 is 0 Å². The molecule has 0 fully saturated rings. The molecule has 0 N–H and O–H groups in total. The number of benzene rings is 2. The molecule has 0 saturated carbocycles. The molecule has 0 heterocycles. The minimum absolute atomic E-state index is 0.0990. The summed E-state index contributed by atoms with van der Waals surface area (Å²) >= 11 is 0. The smallest absolute Gasteiger partial charge is 0.253 e. The number of halogens is 1. The molecular weight excluding hydrogens is 265 g/mol. The van der Waals surface area contributed by atoms with E-state index in [1.165, 1.54) is 23.3 Å². The summed E-state index contributed by atoms with van der Waals surface area (Å²) in [5, 5.41) is 0. The highest BCUT2D eigenvalue weighted by atomic mass is 19.1. The molecule has 0 aliphatic heterocycles. The Morgan fingerprint density at radius 1 is 1.05 bits per heavy atom. The molecule has 2 aromatic rings. The SMILES string of the molecule is Cc1ccc(CN(C)C(=O)c2ccc(F)c(C)c2)c(C)c1. The predicted molar refractivity (Wildman–Crippen MR) is 82.9 cm³/mol. The number of rotatable bonds is 3. The van der Waals surface area contributed by atoms with Gasteiger partial charge < -0.3 is 4.90 Å². The number of carbonyl (C=O) groups is 1. The molecule has 0 unspecified atom stereocenters. The molecule has 0 bridgehead atoms. The molecule has 1 amide bonds. The van der Waals surface area contributed by atoms with Crippen molar-refractivity contribution in [2.24, 2.45) is 0 Å². The van der Waals surface area contributed by atoms with Gasteiger partial charge in [-0.2, -0.15) is 0 Å². The van der Waals surface area contributed by atoms with E-state index in [0.29, 0.717) is 17.7 Å². The molecule has 2 rings (SSSR count). The Labute approximate surface area is 125 Å². The van der Waals surface area contributed by atoms with Gasteiger partial charge in [0.2, 0.25) is 0 Å². The zero-order valence-electron chi connectivity index (χ0n) is 12.9. The molecule has 0 radical (unpaired) electrons. The second kappa shape index (κ2) is 6.08. The van der Waals surface area contributed by atoms with E-state index in [4.69, 9.17) is 0 Å². The Balaban J connectivity index is 2.17. The molecule has 0 atom stereocenters. The van der Waals surface area contributed by atoms with Crippen LogP contribution in [0, 0.1) is 26.6 Å². The standard InChI is InChI=1S/C18H20FNO/c1-12-5-6-16(13(2)9-12)11-20(4)18(21)15-7-8-17(19)14(3)10-15/h5-10H,11H2,1-4H3. The topological polar surface area (TPSA) is 20.3 Å². The van der Waals surface area contributed by atoms with Gasteiger partial charge in [-0.1, -0.05) is 23.8 Å². The Bertz CT molecular complexity index is 679. The molecule has 3 heteroatoms. The fourth-order valence-corrected chi connectivity index (χ4v) is 2.35. The van der Waals surface area contributed by atoms with Gasteiger partial charge in [-0.15, -0.1) is 0 Å². The van der Waals surface area contributed by atoms with Crippen molar-refractivity contribution in [1.82, 2.24) is 4.90 Å². The zero-order chi connectivity index (χ0) is 15.6. The van der Waals surface area contributed by atoms with Gasteiger partial charge in [0.05, 0.1) is 0 Å². The van der Waals surface area contributed by atoms with Crippen LogP contribution >= 0.6 is 0 Å². The van der Waals surface area contributed by atoms with Crippen LogP contribution in [0.2, 0.25) is 0 Å². The van der Waals surface area contributed by atoms with Crippen molar-refractivity contribution in [3.05, 3.63) is 70.0 Å². The average molecular weight is 285 g/mol. The molecule has 0 spiro atoms. The third-order valence-corrected chi connectivity index (χ3v) is 3.66. The maximum absolute atomic E-state index is 13.3. The molecule has 21 heavy (non-hydrogen) atoms. The Morgan fingerprint density at radius 3 is 2.38 bits per heavy atom. The maximum atomic E-state index is 13.3. The van der Waals surface area contributed by atoms with Gasteiger partial charge in [-0.25, -0.2) is 4.39 Å². The average Bonchev–Trinajstić information content (AvgIpc) is 2.44. The molecule has 2 aromatic carbocycles. The van der Waals surface area contributed by atoms with Crippen molar-refractivity contribution in [3.8, 4) is 0 Å².